The van der Waals surface area contributed by atoms with Gasteiger partial charge in [-0.2, -0.15) is 0 Å². The second kappa shape index (κ2) is 9.04. The number of hydrogen-bond donors (Lipinski definition) is 2. The number of aryl methyl sites for hydroxylation is 1. The van der Waals surface area contributed by atoms with Gasteiger partial charge in [0.25, 0.3) is 11.1 Å². The van der Waals surface area contributed by atoms with Gasteiger partial charge in [0, 0.05) is 38.1 Å². The summed E-state index contributed by atoms with van der Waals surface area (Å²) in [7, 11) is 0. The Kier molecular flexibility index (Phi) is 6.21. The second-order valence-electron chi connectivity index (χ2n) is 7.45. The SMILES string of the molecule is Cc1ccc(N2CCN(c3nccc(C=C4SC(=O)N(CC(N)O)C4=O)n3)CC2)cc1. The number of piperazine rings is 1. The van der Waals surface area contributed by atoms with Crippen molar-refractivity contribution in [1.82, 2.24) is 14.9 Å². The molecule has 162 valence electrons. The number of imide groups is 1. The van der Waals surface area contributed by atoms with Crippen molar-refractivity contribution in [2.75, 3.05) is 42.5 Å². The van der Waals surface area contributed by atoms with Crippen LogP contribution in [0.15, 0.2) is 41.4 Å². The summed E-state index contributed by atoms with van der Waals surface area (Å²) in [5.74, 6) is 0.111. The summed E-state index contributed by atoms with van der Waals surface area (Å²) < 4.78 is 0. The number of aliphatic hydroxyl groups excluding tert-OH is 1. The molecule has 10 heteroatoms. The molecule has 1 aromatic carbocycles. The van der Waals surface area contributed by atoms with E-state index >= 15 is 0 Å². The Morgan fingerprint density at radius 2 is 1.81 bits per heavy atom. The minimum absolute atomic E-state index is 0.234. The number of aliphatic hydroxyl groups is 1. The lowest BCUT2D eigenvalue weighted by atomic mass is 10.2. The predicted octanol–water partition coefficient (Wildman–Crippen LogP) is 1.43. The Morgan fingerprint density at radius 1 is 1.13 bits per heavy atom. The van der Waals surface area contributed by atoms with Crippen LogP contribution >= 0.6 is 11.8 Å². The number of carbonyl (C=O) groups is 2. The molecule has 0 spiro atoms. The van der Waals surface area contributed by atoms with Crippen molar-refractivity contribution in [3.63, 3.8) is 0 Å². The van der Waals surface area contributed by atoms with Crippen LogP contribution in [0.25, 0.3) is 6.08 Å². The van der Waals surface area contributed by atoms with Crippen LogP contribution in [-0.2, 0) is 4.79 Å². The van der Waals surface area contributed by atoms with Crippen LogP contribution < -0.4 is 15.5 Å². The predicted molar refractivity (Wildman–Crippen MR) is 121 cm³/mol. The number of carbonyl (C=O) groups excluding carboxylic acids is 2. The molecular formula is C21H24N6O3S. The number of aromatic nitrogens is 2. The van der Waals surface area contributed by atoms with Crippen molar-refractivity contribution in [2.24, 2.45) is 5.73 Å². The normalized spacial score (nSPS) is 19.5. The lowest BCUT2D eigenvalue weighted by Crippen LogP contribution is -2.47. The van der Waals surface area contributed by atoms with Crippen LogP contribution in [0.3, 0.4) is 0 Å². The van der Waals surface area contributed by atoms with Gasteiger partial charge < -0.3 is 20.6 Å². The van der Waals surface area contributed by atoms with E-state index in [4.69, 9.17) is 5.73 Å². The fraction of sp³-hybridized carbons (Fsp3) is 0.333. The third-order valence-electron chi connectivity index (χ3n) is 5.15. The van der Waals surface area contributed by atoms with Crippen molar-refractivity contribution in [2.45, 2.75) is 13.2 Å². The monoisotopic (exact) mass is 440 g/mol. The largest absolute Gasteiger partial charge is 0.377 e. The number of amides is 2. The van der Waals surface area contributed by atoms with Crippen LogP contribution in [0.5, 0.6) is 0 Å². The van der Waals surface area contributed by atoms with Gasteiger partial charge in [0.05, 0.1) is 17.1 Å². The van der Waals surface area contributed by atoms with Crippen molar-refractivity contribution < 1.29 is 14.7 Å². The first-order valence-corrected chi connectivity index (χ1v) is 10.8. The van der Waals surface area contributed by atoms with Crippen molar-refractivity contribution >= 4 is 40.6 Å². The first-order valence-electron chi connectivity index (χ1n) is 9.99. The molecule has 0 radical (unpaired) electrons. The first kappa shape index (κ1) is 21.3. The number of nitrogens with two attached hydrogens (primary N) is 1. The molecule has 2 saturated heterocycles. The molecule has 3 N–H and O–H groups in total. The highest BCUT2D eigenvalue weighted by molar-refractivity contribution is 8.18. The molecule has 2 amide bonds. The summed E-state index contributed by atoms with van der Waals surface area (Å²) in [5, 5.41) is 8.83. The molecule has 4 rings (SSSR count). The molecule has 0 aliphatic carbocycles. The lowest BCUT2D eigenvalue weighted by molar-refractivity contribution is -0.123. The molecule has 1 atom stereocenters. The lowest BCUT2D eigenvalue weighted by Gasteiger charge is -2.36. The number of benzene rings is 1. The molecular weight excluding hydrogens is 416 g/mol. The zero-order valence-electron chi connectivity index (χ0n) is 17.1. The fourth-order valence-corrected chi connectivity index (χ4v) is 4.33. The molecule has 1 aromatic heterocycles. The maximum atomic E-state index is 12.4. The summed E-state index contributed by atoms with van der Waals surface area (Å²) in [6, 6.07) is 10.2. The van der Waals surface area contributed by atoms with E-state index in [-0.39, 0.29) is 11.4 Å². The fourth-order valence-electron chi connectivity index (χ4n) is 3.49. The van der Waals surface area contributed by atoms with Gasteiger partial charge in [0.2, 0.25) is 5.95 Å². The van der Waals surface area contributed by atoms with E-state index in [1.54, 1.807) is 18.3 Å². The van der Waals surface area contributed by atoms with Gasteiger partial charge in [0.1, 0.15) is 6.23 Å². The summed E-state index contributed by atoms with van der Waals surface area (Å²) in [5.41, 5.74) is 8.29. The summed E-state index contributed by atoms with van der Waals surface area (Å²) in [4.78, 5) is 39.0. The average Bonchev–Trinajstić information content (AvgIpc) is 3.01. The second-order valence-corrected chi connectivity index (χ2v) is 8.44. The highest BCUT2D eigenvalue weighted by Gasteiger charge is 2.35. The zero-order chi connectivity index (χ0) is 22.0. The van der Waals surface area contributed by atoms with Crippen molar-refractivity contribution in [3.8, 4) is 0 Å². The Hall–Kier alpha value is -2.95. The molecule has 31 heavy (non-hydrogen) atoms. The molecule has 0 bridgehead atoms. The highest BCUT2D eigenvalue weighted by Crippen LogP contribution is 2.32. The molecule has 1 unspecified atom stereocenters. The van der Waals surface area contributed by atoms with Gasteiger partial charge in [0.15, 0.2) is 0 Å². The summed E-state index contributed by atoms with van der Waals surface area (Å²) >= 11 is 0.810. The van der Waals surface area contributed by atoms with E-state index in [2.05, 4.69) is 51.0 Å². The number of anilines is 2. The van der Waals surface area contributed by atoms with Gasteiger partial charge in [-0.15, -0.1) is 0 Å². The molecule has 2 aliphatic rings. The van der Waals surface area contributed by atoms with Crippen molar-refractivity contribution in [1.29, 1.82) is 0 Å². The summed E-state index contributed by atoms with van der Waals surface area (Å²) in [6.07, 6.45) is 1.95. The van der Waals surface area contributed by atoms with Crippen LogP contribution in [0, 0.1) is 6.92 Å². The van der Waals surface area contributed by atoms with Gasteiger partial charge in [-0.1, -0.05) is 17.7 Å². The molecule has 0 saturated carbocycles. The van der Waals surface area contributed by atoms with Gasteiger partial charge >= 0.3 is 0 Å². The maximum absolute atomic E-state index is 12.4. The third-order valence-corrected chi connectivity index (χ3v) is 6.06. The topological polar surface area (TPSA) is 116 Å². The quantitative estimate of drug-likeness (QED) is 0.526. The third kappa shape index (κ3) is 4.87. The first-order chi connectivity index (χ1) is 14.9. The molecule has 3 heterocycles. The standard InChI is InChI=1S/C21H24N6O3S/c1-14-2-4-16(5-3-14)25-8-10-26(11-9-25)20-23-7-6-15(24-20)12-17-19(29)27(13-18(22)28)21(30)31-17/h2-7,12,18,28H,8-11,13,22H2,1H3. The number of thioether (sulfide) groups is 1. The van der Waals surface area contributed by atoms with E-state index < -0.39 is 17.4 Å². The van der Waals surface area contributed by atoms with E-state index in [9.17, 15) is 14.7 Å². The number of hydrogen-bond acceptors (Lipinski definition) is 9. The van der Waals surface area contributed by atoms with Crippen LogP contribution in [0.2, 0.25) is 0 Å². The van der Waals surface area contributed by atoms with E-state index in [0.717, 1.165) is 42.8 Å². The van der Waals surface area contributed by atoms with Gasteiger partial charge in [-0.05, 0) is 43.0 Å². The van der Waals surface area contributed by atoms with Crippen LogP contribution in [0.4, 0.5) is 16.4 Å². The maximum Gasteiger partial charge on any atom is 0.293 e. The summed E-state index contributed by atoms with van der Waals surface area (Å²) in [6.45, 7) is 5.12. The van der Waals surface area contributed by atoms with Crippen molar-refractivity contribution in [3.05, 3.63) is 52.7 Å². The minimum Gasteiger partial charge on any atom is -0.377 e. The smallest absolute Gasteiger partial charge is 0.293 e. The molecule has 2 aliphatic heterocycles. The minimum atomic E-state index is -1.27. The van der Waals surface area contributed by atoms with E-state index in [0.29, 0.717) is 11.6 Å². The van der Waals surface area contributed by atoms with Gasteiger partial charge in [-0.3, -0.25) is 14.5 Å². The molecule has 9 nitrogen and oxygen atoms in total. The Balaban J connectivity index is 1.43. The van der Waals surface area contributed by atoms with E-state index in [1.165, 1.54) is 11.3 Å². The van der Waals surface area contributed by atoms with Crippen LogP contribution in [0.1, 0.15) is 11.3 Å². The number of β-amino-alcohol motifs (C(OH)–C–C–N with tert-alkyl or cyclic N) is 1. The van der Waals surface area contributed by atoms with E-state index in [1.807, 2.05) is 0 Å². The molecule has 2 aromatic rings. The Morgan fingerprint density at radius 3 is 2.48 bits per heavy atom. The zero-order valence-corrected chi connectivity index (χ0v) is 18.0. The van der Waals surface area contributed by atoms with Crippen LogP contribution in [-0.4, -0.2) is 70.1 Å². The Labute approximate surface area is 184 Å². The average molecular weight is 441 g/mol. The molecule has 2 fully saturated rings. The van der Waals surface area contributed by atoms with Gasteiger partial charge in [-0.25, -0.2) is 9.97 Å². The number of rotatable bonds is 5. The Bertz CT molecular complexity index is 1000. The highest BCUT2D eigenvalue weighted by atomic mass is 32.2. The number of nitrogens with zero attached hydrogens (tertiary/aromatic N) is 5.